The predicted molar refractivity (Wildman–Crippen MR) is 69.8 cm³/mol. The number of hydrogen-bond donors (Lipinski definition) is 2. The van der Waals surface area contributed by atoms with Crippen LogP contribution in [0.1, 0.15) is 20.7 Å². The molecule has 0 saturated carbocycles. The Morgan fingerprint density at radius 3 is 1.64 bits per heavy atom. The van der Waals surface area contributed by atoms with Gasteiger partial charge in [0, 0.05) is 0 Å². The third-order valence-corrected chi connectivity index (χ3v) is 3.16. The highest BCUT2D eigenvalue weighted by Gasteiger charge is 2.28. The first kappa shape index (κ1) is 14.6. The molecule has 2 atom stereocenters. The van der Waals surface area contributed by atoms with E-state index < -0.39 is 23.4 Å². The zero-order valence-corrected chi connectivity index (χ0v) is 11.5. The number of phenols is 2. The highest BCUT2D eigenvalue weighted by molar-refractivity contribution is 5.98. The van der Waals surface area contributed by atoms with E-state index in [2.05, 4.69) is 0 Å². The van der Waals surface area contributed by atoms with Crippen molar-refractivity contribution in [2.24, 2.45) is 0 Å². The van der Waals surface area contributed by atoms with E-state index in [-0.39, 0.29) is 36.5 Å². The molecule has 2 heterocycles. The van der Waals surface area contributed by atoms with Crippen molar-refractivity contribution >= 4 is 11.9 Å². The molecule has 2 unspecified atom stereocenters. The van der Waals surface area contributed by atoms with Crippen molar-refractivity contribution in [3.63, 3.8) is 0 Å². The summed E-state index contributed by atoms with van der Waals surface area (Å²) in [5.41, 5.74) is -0.472. The van der Waals surface area contributed by atoms with Gasteiger partial charge in [-0.1, -0.05) is 0 Å². The Balaban J connectivity index is 1.68. The first-order valence-corrected chi connectivity index (χ1v) is 6.68. The molecule has 3 rings (SSSR count). The fourth-order valence-corrected chi connectivity index (χ4v) is 1.73. The lowest BCUT2D eigenvalue weighted by molar-refractivity contribution is 0.0457. The highest BCUT2D eigenvalue weighted by atomic mass is 16.6. The minimum absolute atomic E-state index is 0.0736. The average Bonchev–Trinajstić information content (AvgIpc) is 3.37. The molecule has 8 nitrogen and oxygen atoms in total. The summed E-state index contributed by atoms with van der Waals surface area (Å²) in [5.74, 6) is -2.58. The van der Waals surface area contributed by atoms with Gasteiger partial charge in [0.15, 0.2) is 0 Å². The molecule has 1 aromatic carbocycles. The van der Waals surface area contributed by atoms with E-state index in [0.29, 0.717) is 13.2 Å². The summed E-state index contributed by atoms with van der Waals surface area (Å²) in [4.78, 5) is 23.5. The monoisotopic (exact) mass is 310 g/mol. The zero-order valence-electron chi connectivity index (χ0n) is 11.5. The fraction of sp³-hybridized carbons (Fsp3) is 0.429. The van der Waals surface area contributed by atoms with E-state index in [1.807, 2.05) is 0 Å². The number of aromatic hydroxyl groups is 2. The Bertz CT molecular complexity index is 549. The van der Waals surface area contributed by atoms with Crippen LogP contribution in [0.5, 0.6) is 11.5 Å². The molecule has 8 heteroatoms. The summed E-state index contributed by atoms with van der Waals surface area (Å²) in [6.45, 7) is 1.20. The van der Waals surface area contributed by atoms with E-state index in [0.717, 1.165) is 12.1 Å². The van der Waals surface area contributed by atoms with Crippen LogP contribution in [-0.2, 0) is 18.9 Å². The van der Waals surface area contributed by atoms with Gasteiger partial charge in [-0.3, -0.25) is 0 Å². The molecule has 0 spiro atoms. The van der Waals surface area contributed by atoms with Crippen LogP contribution in [0, 0.1) is 0 Å². The van der Waals surface area contributed by atoms with Gasteiger partial charge in [0.05, 0.1) is 13.2 Å². The van der Waals surface area contributed by atoms with E-state index in [1.54, 1.807) is 0 Å². The van der Waals surface area contributed by atoms with Gasteiger partial charge in [-0.2, -0.15) is 0 Å². The van der Waals surface area contributed by atoms with E-state index in [4.69, 9.17) is 18.9 Å². The van der Waals surface area contributed by atoms with Gasteiger partial charge < -0.3 is 29.2 Å². The quantitative estimate of drug-likeness (QED) is 0.435. The standard InChI is InChI=1S/C14H14O8/c15-11-1-9(13(17)21-5-7-3-19-7)12(16)2-10(11)14(18)22-6-8-4-20-8/h1-2,7-8,15-16H,3-6H2. The van der Waals surface area contributed by atoms with Gasteiger partial charge in [-0.05, 0) is 12.1 Å². The van der Waals surface area contributed by atoms with Crippen LogP contribution < -0.4 is 0 Å². The van der Waals surface area contributed by atoms with Gasteiger partial charge in [0.1, 0.15) is 48.0 Å². The first-order chi connectivity index (χ1) is 10.5. The van der Waals surface area contributed by atoms with Crippen LogP contribution in [0.25, 0.3) is 0 Å². The van der Waals surface area contributed by atoms with Crippen LogP contribution in [0.4, 0.5) is 0 Å². The maximum atomic E-state index is 11.8. The van der Waals surface area contributed by atoms with Crippen molar-refractivity contribution in [2.45, 2.75) is 12.2 Å². The molecule has 0 aromatic heterocycles. The Morgan fingerprint density at radius 2 is 1.32 bits per heavy atom. The average molecular weight is 310 g/mol. The van der Waals surface area contributed by atoms with Crippen LogP contribution in [0.2, 0.25) is 0 Å². The number of rotatable bonds is 6. The maximum Gasteiger partial charge on any atom is 0.342 e. The number of esters is 2. The lowest BCUT2D eigenvalue weighted by Gasteiger charge is -2.09. The van der Waals surface area contributed by atoms with E-state index in [1.165, 1.54) is 0 Å². The molecule has 0 bridgehead atoms. The molecule has 118 valence electrons. The second-order valence-electron chi connectivity index (χ2n) is 4.99. The number of ether oxygens (including phenoxy) is 4. The summed E-state index contributed by atoms with van der Waals surface area (Å²) in [6, 6.07) is 1.94. The van der Waals surface area contributed by atoms with Crippen molar-refractivity contribution in [3.8, 4) is 11.5 Å². The molecule has 0 radical (unpaired) electrons. The first-order valence-electron chi connectivity index (χ1n) is 6.68. The molecule has 22 heavy (non-hydrogen) atoms. The van der Waals surface area contributed by atoms with E-state index in [9.17, 15) is 19.8 Å². The smallest absolute Gasteiger partial charge is 0.342 e. The summed E-state index contributed by atoms with van der Waals surface area (Å²) in [5, 5.41) is 19.7. The molecule has 2 aliphatic rings. The summed E-state index contributed by atoms with van der Waals surface area (Å²) in [6.07, 6.45) is -0.225. The lowest BCUT2D eigenvalue weighted by Crippen LogP contribution is -2.13. The number of benzene rings is 1. The molecule has 2 N–H and O–H groups in total. The Hall–Kier alpha value is -2.32. The number of carbonyl (C=O) groups excluding carboxylic acids is 2. The van der Waals surface area contributed by atoms with Crippen molar-refractivity contribution in [3.05, 3.63) is 23.3 Å². The minimum atomic E-state index is -0.811. The maximum absolute atomic E-state index is 11.8. The SMILES string of the molecule is O=C(OCC1CO1)c1cc(O)c(C(=O)OCC2CO2)cc1O. The van der Waals surface area contributed by atoms with Gasteiger partial charge >= 0.3 is 11.9 Å². The normalized spacial score (nSPS) is 22.0. The summed E-state index contributed by atoms with van der Waals surface area (Å²) in [7, 11) is 0. The Morgan fingerprint density at radius 1 is 0.955 bits per heavy atom. The van der Waals surface area contributed by atoms with Gasteiger partial charge in [-0.15, -0.1) is 0 Å². The third-order valence-electron chi connectivity index (χ3n) is 3.16. The molecular formula is C14H14O8. The van der Waals surface area contributed by atoms with Gasteiger partial charge in [0.2, 0.25) is 0 Å². The van der Waals surface area contributed by atoms with Crippen LogP contribution >= 0.6 is 0 Å². The van der Waals surface area contributed by atoms with Gasteiger partial charge in [-0.25, -0.2) is 9.59 Å². The summed E-state index contributed by atoms with van der Waals surface area (Å²) >= 11 is 0. The fourth-order valence-electron chi connectivity index (χ4n) is 1.73. The second-order valence-corrected chi connectivity index (χ2v) is 4.99. The van der Waals surface area contributed by atoms with Crippen molar-refractivity contribution in [2.75, 3.05) is 26.4 Å². The molecule has 2 saturated heterocycles. The molecule has 1 aromatic rings. The van der Waals surface area contributed by atoms with Crippen molar-refractivity contribution in [1.82, 2.24) is 0 Å². The molecular weight excluding hydrogens is 296 g/mol. The molecule has 0 amide bonds. The predicted octanol–water partition coefficient (Wildman–Crippen LogP) is 0.209. The third kappa shape index (κ3) is 3.46. The number of phenolic OH excluding ortho intramolecular Hbond substituents is 2. The van der Waals surface area contributed by atoms with Crippen LogP contribution in [-0.4, -0.2) is 60.8 Å². The Labute approximate surface area is 125 Å². The van der Waals surface area contributed by atoms with Gasteiger partial charge in [0.25, 0.3) is 0 Å². The molecule has 2 aliphatic heterocycles. The molecule has 2 fully saturated rings. The minimum Gasteiger partial charge on any atom is -0.507 e. The van der Waals surface area contributed by atoms with Crippen LogP contribution in [0.3, 0.4) is 0 Å². The number of hydrogen-bond acceptors (Lipinski definition) is 8. The summed E-state index contributed by atoms with van der Waals surface area (Å²) < 4.78 is 19.6. The number of carbonyl (C=O) groups is 2. The molecule has 0 aliphatic carbocycles. The Kier molecular flexibility index (Phi) is 3.86. The zero-order chi connectivity index (χ0) is 15.7. The van der Waals surface area contributed by atoms with E-state index >= 15 is 0 Å². The number of epoxide rings is 2. The van der Waals surface area contributed by atoms with Crippen LogP contribution in [0.15, 0.2) is 12.1 Å². The lowest BCUT2D eigenvalue weighted by atomic mass is 10.1. The highest BCUT2D eigenvalue weighted by Crippen LogP contribution is 2.29. The second kappa shape index (κ2) is 5.82. The van der Waals surface area contributed by atoms with Crippen molar-refractivity contribution < 1.29 is 38.7 Å². The van der Waals surface area contributed by atoms with Crippen molar-refractivity contribution in [1.29, 1.82) is 0 Å². The largest absolute Gasteiger partial charge is 0.507 e. The topological polar surface area (TPSA) is 118 Å².